The average molecular weight is 250 g/mol. The number of anilines is 1. The molecule has 0 spiro atoms. The molecule has 0 saturated carbocycles. The van der Waals surface area contributed by atoms with Crippen LogP contribution in [0.1, 0.15) is 37.7 Å². The van der Waals surface area contributed by atoms with E-state index in [1.165, 1.54) is 37.8 Å². The van der Waals surface area contributed by atoms with E-state index in [-0.39, 0.29) is 5.82 Å². The van der Waals surface area contributed by atoms with Gasteiger partial charge in [-0.2, -0.15) is 0 Å². The Morgan fingerprint density at radius 3 is 2.39 bits per heavy atom. The van der Waals surface area contributed by atoms with E-state index in [0.717, 1.165) is 25.1 Å². The summed E-state index contributed by atoms with van der Waals surface area (Å²) >= 11 is 0. The predicted molar refractivity (Wildman–Crippen MR) is 74.5 cm³/mol. The number of hydrogen-bond acceptors (Lipinski definition) is 2. The minimum atomic E-state index is -0.158. The van der Waals surface area contributed by atoms with Crippen molar-refractivity contribution in [2.75, 3.05) is 24.5 Å². The molecule has 0 radical (unpaired) electrons. The van der Waals surface area contributed by atoms with Crippen LogP contribution in [0.15, 0.2) is 18.2 Å². The van der Waals surface area contributed by atoms with E-state index in [9.17, 15) is 4.39 Å². The second-order valence-corrected chi connectivity index (χ2v) is 5.07. The van der Waals surface area contributed by atoms with Crippen molar-refractivity contribution in [1.82, 2.24) is 0 Å². The van der Waals surface area contributed by atoms with E-state index in [2.05, 4.69) is 4.90 Å². The highest BCUT2D eigenvalue weighted by Crippen LogP contribution is 2.24. The first kappa shape index (κ1) is 13.3. The number of halogens is 1. The van der Waals surface area contributed by atoms with Crippen LogP contribution in [0, 0.1) is 5.82 Å². The third-order valence-electron chi connectivity index (χ3n) is 3.65. The first-order chi connectivity index (χ1) is 8.81. The van der Waals surface area contributed by atoms with Crippen molar-refractivity contribution in [3.63, 3.8) is 0 Å². The van der Waals surface area contributed by atoms with Crippen molar-refractivity contribution in [2.45, 2.75) is 38.5 Å². The van der Waals surface area contributed by atoms with Crippen LogP contribution >= 0.6 is 0 Å². The molecule has 2 nitrogen and oxygen atoms in total. The van der Waals surface area contributed by atoms with Gasteiger partial charge in [0.2, 0.25) is 0 Å². The first-order valence-electron chi connectivity index (χ1n) is 7.04. The number of nitrogens with zero attached hydrogens (tertiary/aromatic N) is 1. The SMILES string of the molecule is NCCc1cc(F)ccc1N1CCCCCCC1. The molecule has 2 N–H and O–H groups in total. The van der Waals surface area contributed by atoms with Crippen LogP contribution in [-0.2, 0) is 6.42 Å². The van der Waals surface area contributed by atoms with E-state index < -0.39 is 0 Å². The normalized spacial score (nSPS) is 17.3. The maximum atomic E-state index is 13.3. The molecule has 1 aromatic rings. The van der Waals surface area contributed by atoms with Gasteiger partial charge in [0, 0.05) is 18.8 Å². The lowest BCUT2D eigenvalue weighted by Gasteiger charge is -2.29. The fourth-order valence-corrected chi connectivity index (χ4v) is 2.71. The minimum Gasteiger partial charge on any atom is -0.371 e. The Bertz CT molecular complexity index is 371. The zero-order chi connectivity index (χ0) is 12.8. The standard InChI is InChI=1S/C15H23FN2/c16-14-6-7-15(13(12-14)8-9-17)18-10-4-2-1-3-5-11-18/h6-7,12H,1-5,8-11,17H2. The largest absolute Gasteiger partial charge is 0.371 e. The lowest BCUT2D eigenvalue weighted by Crippen LogP contribution is -2.28. The van der Waals surface area contributed by atoms with E-state index in [1.807, 2.05) is 6.07 Å². The number of benzene rings is 1. The Morgan fingerprint density at radius 2 is 1.72 bits per heavy atom. The van der Waals surface area contributed by atoms with Gasteiger partial charge in [0.1, 0.15) is 5.82 Å². The van der Waals surface area contributed by atoms with Crippen LogP contribution < -0.4 is 10.6 Å². The van der Waals surface area contributed by atoms with Gasteiger partial charge in [0.25, 0.3) is 0 Å². The summed E-state index contributed by atoms with van der Waals surface area (Å²) in [6, 6.07) is 5.12. The molecule has 1 aliphatic rings. The Kier molecular flexibility index (Phi) is 5.00. The molecule has 18 heavy (non-hydrogen) atoms. The van der Waals surface area contributed by atoms with Crippen molar-refractivity contribution in [3.8, 4) is 0 Å². The molecule has 1 heterocycles. The van der Waals surface area contributed by atoms with Crippen molar-refractivity contribution in [3.05, 3.63) is 29.6 Å². The molecule has 1 fully saturated rings. The lowest BCUT2D eigenvalue weighted by molar-refractivity contribution is 0.555. The zero-order valence-corrected chi connectivity index (χ0v) is 11.0. The van der Waals surface area contributed by atoms with Crippen molar-refractivity contribution >= 4 is 5.69 Å². The van der Waals surface area contributed by atoms with E-state index in [0.29, 0.717) is 6.54 Å². The van der Waals surface area contributed by atoms with Gasteiger partial charge in [-0.15, -0.1) is 0 Å². The Labute approximate surface area is 109 Å². The summed E-state index contributed by atoms with van der Waals surface area (Å²) in [6.45, 7) is 2.75. The zero-order valence-electron chi connectivity index (χ0n) is 11.0. The number of nitrogens with two attached hydrogens (primary N) is 1. The monoisotopic (exact) mass is 250 g/mol. The number of hydrogen-bond donors (Lipinski definition) is 1. The summed E-state index contributed by atoms with van der Waals surface area (Å²) in [5.74, 6) is -0.158. The summed E-state index contributed by atoms with van der Waals surface area (Å²) in [6.07, 6.45) is 7.20. The number of rotatable bonds is 3. The molecule has 0 bridgehead atoms. The highest BCUT2D eigenvalue weighted by Gasteiger charge is 2.13. The molecular weight excluding hydrogens is 227 g/mol. The molecule has 1 aromatic carbocycles. The van der Waals surface area contributed by atoms with Gasteiger partial charge in [-0.1, -0.05) is 19.3 Å². The fourth-order valence-electron chi connectivity index (χ4n) is 2.71. The summed E-state index contributed by atoms with van der Waals surface area (Å²) in [5, 5.41) is 0. The summed E-state index contributed by atoms with van der Waals surface area (Å²) < 4.78 is 13.3. The van der Waals surface area contributed by atoms with Gasteiger partial charge in [-0.25, -0.2) is 4.39 Å². The molecule has 0 unspecified atom stereocenters. The van der Waals surface area contributed by atoms with Crippen LogP contribution in [0.25, 0.3) is 0 Å². The highest BCUT2D eigenvalue weighted by molar-refractivity contribution is 5.54. The molecular formula is C15H23FN2. The van der Waals surface area contributed by atoms with Gasteiger partial charge < -0.3 is 10.6 Å². The molecule has 0 aromatic heterocycles. The van der Waals surface area contributed by atoms with Gasteiger partial charge >= 0.3 is 0 Å². The van der Waals surface area contributed by atoms with Gasteiger partial charge in [-0.05, 0) is 49.6 Å². The van der Waals surface area contributed by atoms with Gasteiger partial charge in [-0.3, -0.25) is 0 Å². The quantitative estimate of drug-likeness (QED) is 0.893. The van der Waals surface area contributed by atoms with Crippen LogP contribution in [-0.4, -0.2) is 19.6 Å². The molecule has 3 heteroatoms. The maximum absolute atomic E-state index is 13.3. The second kappa shape index (κ2) is 6.74. The molecule has 100 valence electrons. The topological polar surface area (TPSA) is 29.3 Å². The van der Waals surface area contributed by atoms with Crippen molar-refractivity contribution in [1.29, 1.82) is 0 Å². The maximum Gasteiger partial charge on any atom is 0.123 e. The summed E-state index contributed by atoms with van der Waals surface area (Å²) in [4.78, 5) is 2.41. The van der Waals surface area contributed by atoms with Crippen LogP contribution in [0.4, 0.5) is 10.1 Å². The minimum absolute atomic E-state index is 0.158. The molecule has 0 aliphatic carbocycles. The average Bonchev–Trinajstić information content (AvgIpc) is 2.30. The lowest BCUT2D eigenvalue weighted by atomic mass is 10.0. The molecule has 0 atom stereocenters. The summed E-state index contributed by atoms with van der Waals surface area (Å²) in [7, 11) is 0. The van der Waals surface area contributed by atoms with Gasteiger partial charge in [0.05, 0.1) is 0 Å². The smallest absolute Gasteiger partial charge is 0.123 e. The molecule has 1 aliphatic heterocycles. The third-order valence-corrected chi connectivity index (χ3v) is 3.65. The second-order valence-electron chi connectivity index (χ2n) is 5.07. The summed E-state index contributed by atoms with van der Waals surface area (Å²) in [5.41, 5.74) is 7.86. The third kappa shape index (κ3) is 3.45. The molecule has 0 amide bonds. The van der Waals surface area contributed by atoms with E-state index in [4.69, 9.17) is 5.73 Å². The predicted octanol–water partition coefficient (Wildman–Crippen LogP) is 3.10. The van der Waals surface area contributed by atoms with E-state index >= 15 is 0 Å². The highest BCUT2D eigenvalue weighted by atomic mass is 19.1. The fraction of sp³-hybridized carbons (Fsp3) is 0.600. The molecule has 1 saturated heterocycles. The van der Waals surface area contributed by atoms with Crippen LogP contribution in [0.3, 0.4) is 0 Å². The molecule has 2 rings (SSSR count). The Balaban J connectivity index is 2.18. The Hall–Kier alpha value is -1.09. The van der Waals surface area contributed by atoms with E-state index in [1.54, 1.807) is 12.1 Å². The van der Waals surface area contributed by atoms with Crippen LogP contribution in [0.2, 0.25) is 0 Å². The van der Waals surface area contributed by atoms with Crippen molar-refractivity contribution in [2.24, 2.45) is 5.73 Å². The van der Waals surface area contributed by atoms with Crippen LogP contribution in [0.5, 0.6) is 0 Å². The Morgan fingerprint density at radius 1 is 1.06 bits per heavy atom. The van der Waals surface area contributed by atoms with Crippen molar-refractivity contribution < 1.29 is 4.39 Å². The van der Waals surface area contributed by atoms with Gasteiger partial charge in [0.15, 0.2) is 0 Å². The first-order valence-corrected chi connectivity index (χ1v) is 7.04.